The van der Waals surface area contributed by atoms with E-state index < -0.39 is 12.0 Å². The highest BCUT2D eigenvalue weighted by molar-refractivity contribution is 6.01. The number of amides is 2. The number of nitrogens with zero attached hydrogens (tertiary/aromatic N) is 2. The number of piperidine rings is 1. The zero-order valence-corrected chi connectivity index (χ0v) is 15.3. The van der Waals surface area contributed by atoms with Crippen LogP contribution in [0.3, 0.4) is 0 Å². The molecule has 2 N–H and O–H groups in total. The van der Waals surface area contributed by atoms with Gasteiger partial charge in [0.2, 0.25) is 5.91 Å². The average Bonchev–Trinajstić information content (AvgIpc) is 2.74. The maximum absolute atomic E-state index is 13.2. The summed E-state index contributed by atoms with van der Waals surface area (Å²) in [6.45, 7) is 0.605. The number of carboxylic acid groups (broad SMARTS) is 1. The molecule has 2 atom stereocenters. The van der Waals surface area contributed by atoms with Crippen molar-refractivity contribution in [3.8, 4) is 0 Å². The van der Waals surface area contributed by atoms with Crippen LogP contribution in [-0.2, 0) is 4.79 Å². The standard InChI is InChI=1S/C22H21N3O3/c26-21(24-19-10-4-8-16-9-5-12-23-20(16)19)18-14-25(22(27)28)13-11-17(18)15-6-2-1-3-7-15/h1-10,12,17-18H,11,13-14H2,(H,24,26)(H,27,28). The summed E-state index contributed by atoms with van der Waals surface area (Å²) in [4.78, 5) is 30.4. The molecule has 0 spiro atoms. The van der Waals surface area contributed by atoms with Crippen molar-refractivity contribution >= 4 is 28.6 Å². The molecule has 0 aliphatic carbocycles. The van der Waals surface area contributed by atoms with Crippen LogP contribution < -0.4 is 5.32 Å². The first-order chi connectivity index (χ1) is 13.6. The van der Waals surface area contributed by atoms with Crippen molar-refractivity contribution in [1.82, 2.24) is 9.88 Å². The normalized spacial score (nSPS) is 19.4. The molecule has 142 valence electrons. The number of hydrogen-bond acceptors (Lipinski definition) is 3. The number of aromatic nitrogens is 1. The Bertz CT molecular complexity index is 1000. The van der Waals surface area contributed by atoms with Gasteiger partial charge in [0.1, 0.15) is 0 Å². The lowest BCUT2D eigenvalue weighted by Gasteiger charge is -2.36. The quantitative estimate of drug-likeness (QED) is 0.726. The highest BCUT2D eigenvalue weighted by atomic mass is 16.4. The minimum Gasteiger partial charge on any atom is -0.465 e. The SMILES string of the molecule is O=C(Nc1cccc2cccnc12)C1CN(C(=O)O)CCC1c1ccccc1. The van der Waals surface area contributed by atoms with E-state index in [9.17, 15) is 14.7 Å². The fourth-order valence-electron chi connectivity index (χ4n) is 3.92. The lowest BCUT2D eigenvalue weighted by molar-refractivity contribution is -0.121. The maximum atomic E-state index is 13.2. The second kappa shape index (κ2) is 7.68. The lowest BCUT2D eigenvalue weighted by atomic mass is 9.80. The number of fused-ring (bicyclic) bond motifs is 1. The van der Waals surface area contributed by atoms with Gasteiger partial charge in [-0.25, -0.2) is 4.79 Å². The first kappa shape index (κ1) is 18.0. The van der Waals surface area contributed by atoms with Gasteiger partial charge in [-0.05, 0) is 30.0 Å². The Morgan fingerprint density at radius 3 is 2.61 bits per heavy atom. The van der Waals surface area contributed by atoms with Gasteiger partial charge in [0.15, 0.2) is 0 Å². The molecular weight excluding hydrogens is 354 g/mol. The molecule has 4 rings (SSSR count). The topological polar surface area (TPSA) is 82.5 Å². The summed E-state index contributed by atoms with van der Waals surface area (Å²) < 4.78 is 0. The van der Waals surface area contributed by atoms with Crippen LogP contribution in [0.15, 0.2) is 66.9 Å². The second-order valence-electron chi connectivity index (χ2n) is 7.01. The molecule has 1 aliphatic heterocycles. The van der Waals surface area contributed by atoms with E-state index in [1.165, 1.54) is 4.90 Å². The molecule has 1 fully saturated rings. The summed E-state index contributed by atoms with van der Waals surface area (Å²) in [5.74, 6) is -0.677. The van der Waals surface area contributed by atoms with Crippen LogP contribution in [0.2, 0.25) is 0 Å². The average molecular weight is 375 g/mol. The fraction of sp³-hybridized carbons (Fsp3) is 0.227. The molecule has 0 radical (unpaired) electrons. The van der Waals surface area contributed by atoms with Crippen LogP contribution in [0, 0.1) is 5.92 Å². The van der Waals surface area contributed by atoms with Gasteiger partial charge in [0, 0.05) is 24.7 Å². The van der Waals surface area contributed by atoms with E-state index in [0.29, 0.717) is 18.7 Å². The summed E-state index contributed by atoms with van der Waals surface area (Å²) in [6.07, 6.45) is 1.32. The van der Waals surface area contributed by atoms with Gasteiger partial charge in [-0.15, -0.1) is 0 Å². The third kappa shape index (κ3) is 3.53. The van der Waals surface area contributed by atoms with Gasteiger partial charge in [0.05, 0.1) is 17.1 Å². The molecule has 28 heavy (non-hydrogen) atoms. The Morgan fingerprint density at radius 2 is 1.82 bits per heavy atom. The van der Waals surface area contributed by atoms with Crippen molar-refractivity contribution in [3.05, 3.63) is 72.4 Å². The number of carbonyl (C=O) groups excluding carboxylic acids is 1. The molecule has 2 amide bonds. The minimum atomic E-state index is -0.990. The van der Waals surface area contributed by atoms with Gasteiger partial charge in [-0.3, -0.25) is 9.78 Å². The molecule has 0 bridgehead atoms. The van der Waals surface area contributed by atoms with Crippen molar-refractivity contribution in [3.63, 3.8) is 0 Å². The summed E-state index contributed by atoms with van der Waals surface area (Å²) in [6, 6.07) is 19.3. The third-order valence-corrected chi connectivity index (χ3v) is 5.34. The van der Waals surface area contributed by atoms with E-state index >= 15 is 0 Å². The molecule has 1 aromatic heterocycles. The van der Waals surface area contributed by atoms with E-state index in [1.807, 2.05) is 60.7 Å². The number of hydrogen-bond donors (Lipinski definition) is 2. The van der Waals surface area contributed by atoms with Crippen molar-refractivity contribution in [2.75, 3.05) is 18.4 Å². The van der Waals surface area contributed by atoms with E-state index in [4.69, 9.17) is 0 Å². The Labute approximate surface area is 162 Å². The zero-order chi connectivity index (χ0) is 19.5. The van der Waals surface area contributed by atoms with Gasteiger partial charge >= 0.3 is 6.09 Å². The molecular formula is C22H21N3O3. The van der Waals surface area contributed by atoms with Gasteiger partial charge in [0.25, 0.3) is 0 Å². The fourth-order valence-corrected chi connectivity index (χ4v) is 3.92. The van der Waals surface area contributed by atoms with Crippen molar-refractivity contribution < 1.29 is 14.7 Å². The summed E-state index contributed by atoms with van der Waals surface area (Å²) in [5, 5.41) is 13.3. The summed E-state index contributed by atoms with van der Waals surface area (Å²) in [5.41, 5.74) is 2.42. The molecule has 2 aromatic carbocycles. The number of rotatable bonds is 3. The first-order valence-corrected chi connectivity index (χ1v) is 9.31. The summed E-state index contributed by atoms with van der Waals surface area (Å²) in [7, 11) is 0. The largest absolute Gasteiger partial charge is 0.465 e. The van der Waals surface area contributed by atoms with E-state index in [0.717, 1.165) is 16.5 Å². The van der Waals surface area contributed by atoms with Crippen molar-refractivity contribution in [1.29, 1.82) is 0 Å². The van der Waals surface area contributed by atoms with Crippen LogP contribution >= 0.6 is 0 Å². The Kier molecular flexibility index (Phi) is 4.93. The summed E-state index contributed by atoms with van der Waals surface area (Å²) >= 11 is 0. The van der Waals surface area contributed by atoms with E-state index in [2.05, 4.69) is 10.3 Å². The van der Waals surface area contributed by atoms with Gasteiger partial charge < -0.3 is 15.3 Å². The highest BCUT2D eigenvalue weighted by Crippen LogP contribution is 2.34. The lowest BCUT2D eigenvalue weighted by Crippen LogP contribution is -2.46. The molecule has 6 heteroatoms. The van der Waals surface area contributed by atoms with Gasteiger partial charge in [-0.1, -0.05) is 48.5 Å². The predicted molar refractivity (Wildman–Crippen MR) is 107 cm³/mol. The Morgan fingerprint density at radius 1 is 1.04 bits per heavy atom. The van der Waals surface area contributed by atoms with Crippen LogP contribution in [0.4, 0.5) is 10.5 Å². The first-order valence-electron chi connectivity index (χ1n) is 9.31. The second-order valence-corrected chi connectivity index (χ2v) is 7.01. The van der Waals surface area contributed by atoms with E-state index in [-0.39, 0.29) is 18.4 Å². The van der Waals surface area contributed by atoms with E-state index in [1.54, 1.807) is 6.20 Å². The zero-order valence-electron chi connectivity index (χ0n) is 15.3. The molecule has 2 heterocycles. The monoisotopic (exact) mass is 375 g/mol. The van der Waals surface area contributed by atoms with Crippen LogP contribution in [0.25, 0.3) is 10.9 Å². The van der Waals surface area contributed by atoms with Crippen molar-refractivity contribution in [2.24, 2.45) is 5.92 Å². The van der Waals surface area contributed by atoms with Gasteiger partial charge in [-0.2, -0.15) is 0 Å². The number of likely N-dealkylation sites (tertiary alicyclic amines) is 1. The van der Waals surface area contributed by atoms with Crippen molar-refractivity contribution in [2.45, 2.75) is 12.3 Å². The minimum absolute atomic E-state index is 0.0280. The number of pyridine rings is 1. The number of carbonyl (C=O) groups is 2. The highest BCUT2D eigenvalue weighted by Gasteiger charge is 2.37. The van der Waals surface area contributed by atoms with Crippen LogP contribution in [0.5, 0.6) is 0 Å². The molecule has 3 aromatic rings. The van der Waals surface area contributed by atoms with Crippen LogP contribution in [-0.4, -0.2) is 40.1 Å². The molecule has 6 nitrogen and oxygen atoms in total. The smallest absolute Gasteiger partial charge is 0.407 e. The molecule has 1 aliphatic rings. The number of benzene rings is 2. The molecule has 0 saturated carbocycles. The molecule has 1 saturated heterocycles. The Balaban J connectivity index is 1.64. The maximum Gasteiger partial charge on any atom is 0.407 e. The number of nitrogens with one attached hydrogen (secondary N) is 1. The number of anilines is 1. The Hall–Kier alpha value is -3.41. The molecule has 2 unspecified atom stereocenters. The third-order valence-electron chi connectivity index (χ3n) is 5.34. The number of para-hydroxylation sites is 1. The van der Waals surface area contributed by atoms with Crippen LogP contribution in [0.1, 0.15) is 17.9 Å². The predicted octanol–water partition coefficient (Wildman–Crippen LogP) is 3.96.